The molecule has 0 saturated carbocycles. The molecular formula is C29H24O9. The van der Waals surface area contributed by atoms with Gasteiger partial charge in [0.15, 0.2) is 0 Å². The summed E-state index contributed by atoms with van der Waals surface area (Å²) in [5, 5.41) is 0. The number of rotatable bonds is 9. The first kappa shape index (κ1) is 27.7. The van der Waals surface area contributed by atoms with E-state index >= 15 is 0 Å². The molecule has 0 spiro atoms. The molecule has 0 atom stereocenters. The Bertz CT molecular complexity index is 1150. The first-order chi connectivity index (χ1) is 18.2. The van der Waals surface area contributed by atoms with Crippen LogP contribution in [0, 0.1) is 5.41 Å². The summed E-state index contributed by atoms with van der Waals surface area (Å²) in [7, 11) is 0. The summed E-state index contributed by atoms with van der Waals surface area (Å²) >= 11 is 0. The monoisotopic (exact) mass is 516 g/mol. The second-order valence-electron chi connectivity index (χ2n) is 8.40. The molecule has 0 radical (unpaired) electrons. The van der Waals surface area contributed by atoms with E-state index < -0.39 is 41.2 Å². The zero-order valence-electron chi connectivity index (χ0n) is 20.5. The van der Waals surface area contributed by atoms with Gasteiger partial charge in [-0.2, -0.15) is 0 Å². The summed E-state index contributed by atoms with van der Waals surface area (Å²) in [6.07, 6.45) is -1.02. The van der Waals surface area contributed by atoms with Crippen molar-refractivity contribution in [1.82, 2.24) is 0 Å². The molecule has 0 saturated heterocycles. The molecule has 0 heterocycles. The van der Waals surface area contributed by atoms with Crippen LogP contribution in [0.4, 0.5) is 0 Å². The van der Waals surface area contributed by atoms with Crippen LogP contribution >= 0.6 is 0 Å². The van der Waals surface area contributed by atoms with Crippen LogP contribution in [0.5, 0.6) is 0 Å². The highest BCUT2D eigenvalue weighted by molar-refractivity contribution is 6.21. The van der Waals surface area contributed by atoms with Crippen molar-refractivity contribution in [2.75, 3.05) is 0 Å². The van der Waals surface area contributed by atoms with Crippen molar-refractivity contribution < 1.29 is 43.0 Å². The predicted molar refractivity (Wildman–Crippen MR) is 132 cm³/mol. The Morgan fingerprint density at radius 3 is 0.947 bits per heavy atom. The summed E-state index contributed by atoms with van der Waals surface area (Å²) < 4.78 is 14.3. The minimum Gasteiger partial charge on any atom is -0.392 e. The topological polar surface area (TPSA) is 130 Å². The molecule has 0 bridgehead atoms. The minimum absolute atomic E-state index is 0.341. The predicted octanol–water partition coefficient (Wildman–Crippen LogP) is 2.93. The third-order valence-corrected chi connectivity index (χ3v) is 5.42. The Morgan fingerprint density at radius 2 is 0.711 bits per heavy atom. The highest BCUT2D eigenvalue weighted by Gasteiger charge is 2.55. The summed E-state index contributed by atoms with van der Waals surface area (Å²) in [5.41, 5.74) is -1.42. The van der Waals surface area contributed by atoms with Crippen molar-refractivity contribution in [2.45, 2.75) is 26.2 Å². The molecule has 38 heavy (non-hydrogen) atoms. The Morgan fingerprint density at radius 1 is 0.474 bits per heavy atom. The third-order valence-electron chi connectivity index (χ3n) is 5.42. The van der Waals surface area contributed by atoms with Gasteiger partial charge in [-0.3, -0.25) is 14.4 Å². The average molecular weight is 517 g/mol. The summed E-state index contributed by atoms with van der Waals surface area (Å²) in [6.45, 7) is 0.765. The number of ether oxygens (including phenoxy) is 3. The zero-order valence-corrected chi connectivity index (χ0v) is 20.5. The normalized spacial score (nSPS) is 10.7. The second-order valence-corrected chi connectivity index (χ2v) is 8.40. The Kier molecular flexibility index (Phi) is 9.37. The molecule has 0 aliphatic carbocycles. The second kappa shape index (κ2) is 12.9. The average Bonchev–Trinajstić information content (AvgIpc) is 2.89. The van der Waals surface area contributed by atoms with Gasteiger partial charge in [-0.25, -0.2) is 14.4 Å². The van der Waals surface area contributed by atoms with Gasteiger partial charge in [-0.1, -0.05) is 91.0 Å². The van der Waals surface area contributed by atoms with Gasteiger partial charge in [-0.15, -0.1) is 0 Å². The van der Waals surface area contributed by atoms with E-state index in [1.165, 1.54) is 0 Å². The van der Waals surface area contributed by atoms with E-state index in [1.54, 1.807) is 91.0 Å². The molecule has 194 valence electrons. The molecule has 9 nitrogen and oxygen atoms in total. The van der Waals surface area contributed by atoms with Gasteiger partial charge in [0.2, 0.25) is 0 Å². The molecule has 0 amide bonds. The Hall–Kier alpha value is -4.92. The zero-order chi connectivity index (χ0) is 27.5. The highest BCUT2D eigenvalue weighted by atomic mass is 16.6. The molecule has 3 rings (SSSR count). The van der Waals surface area contributed by atoms with Crippen LogP contribution in [-0.4, -0.2) is 35.8 Å². The van der Waals surface area contributed by atoms with E-state index in [9.17, 15) is 28.8 Å². The molecule has 0 aromatic heterocycles. The lowest BCUT2D eigenvalue weighted by Crippen LogP contribution is -2.49. The lowest BCUT2D eigenvalue weighted by Gasteiger charge is -2.22. The van der Waals surface area contributed by atoms with Gasteiger partial charge in [0.25, 0.3) is 5.41 Å². The van der Waals surface area contributed by atoms with E-state index in [0.717, 1.165) is 6.92 Å². The maximum absolute atomic E-state index is 13.0. The lowest BCUT2D eigenvalue weighted by molar-refractivity contribution is -0.186. The number of esters is 6. The fraction of sp³-hybridized carbons (Fsp3) is 0.172. The maximum atomic E-state index is 13.0. The number of hydrogen-bond acceptors (Lipinski definition) is 9. The molecular weight excluding hydrogens is 492 g/mol. The van der Waals surface area contributed by atoms with E-state index in [2.05, 4.69) is 0 Å². The van der Waals surface area contributed by atoms with Crippen molar-refractivity contribution in [3.8, 4) is 0 Å². The van der Waals surface area contributed by atoms with Crippen LogP contribution < -0.4 is 0 Å². The first-order valence-corrected chi connectivity index (χ1v) is 11.6. The van der Waals surface area contributed by atoms with E-state index in [1.807, 2.05) is 0 Å². The van der Waals surface area contributed by atoms with Crippen LogP contribution in [-0.2, 0) is 62.2 Å². The van der Waals surface area contributed by atoms with Gasteiger partial charge in [0.1, 0.15) is 0 Å². The number of carbonyl (C=O) groups is 6. The van der Waals surface area contributed by atoms with Gasteiger partial charge >= 0.3 is 35.8 Å². The van der Waals surface area contributed by atoms with Gasteiger partial charge < -0.3 is 14.2 Å². The number of benzene rings is 3. The van der Waals surface area contributed by atoms with Crippen molar-refractivity contribution in [2.24, 2.45) is 5.41 Å². The SMILES string of the molecule is CC(C(=O)OC(=O)Cc1ccccc1)(C(=O)OC(=O)Cc1ccccc1)C(=O)OC(=O)Cc1ccccc1. The van der Waals surface area contributed by atoms with Crippen LogP contribution in [0.3, 0.4) is 0 Å². The standard InChI is InChI=1S/C29H24O9/c1-29(26(33)36-23(30)17-20-11-5-2-6-12-20,27(34)37-24(31)18-21-13-7-3-8-14-21)28(35)38-25(32)19-22-15-9-4-10-16-22/h2-16H,17-19H2,1H3. The quantitative estimate of drug-likeness (QED) is 0.239. The van der Waals surface area contributed by atoms with Crippen LogP contribution in [0.2, 0.25) is 0 Å². The van der Waals surface area contributed by atoms with Crippen molar-refractivity contribution in [1.29, 1.82) is 0 Å². The minimum atomic E-state index is -2.94. The van der Waals surface area contributed by atoms with Crippen molar-refractivity contribution >= 4 is 35.8 Å². The molecule has 9 heteroatoms. The van der Waals surface area contributed by atoms with E-state index in [0.29, 0.717) is 16.7 Å². The molecule has 0 fully saturated rings. The van der Waals surface area contributed by atoms with Gasteiger partial charge in [-0.05, 0) is 23.6 Å². The smallest absolute Gasteiger partial charge is 0.342 e. The van der Waals surface area contributed by atoms with Gasteiger partial charge in [0, 0.05) is 0 Å². The lowest BCUT2D eigenvalue weighted by atomic mass is 9.91. The van der Waals surface area contributed by atoms with Crippen LogP contribution in [0.25, 0.3) is 0 Å². The highest BCUT2D eigenvalue weighted by Crippen LogP contribution is 2.25. The largest absolute Gasteiger partial charge is 0.392 e. The molecule has 0 unspecified atom stereocenters. The van der Waals surface area contributed by atoms with E-state index in [4.69, 9.17) is 14.2 Å². The maximum Gasteiger partial charge on any atom is 0.342 e. The van der Waals surface area contributed by atoms with Gasteiger partial charge in [0.05, 0.1) is 19.3 Å². The summed E-state index contributed by atoms with van der Waals surface area (Å²) in [5.74, 6) is -8.15. The molecule has 3 aromatic rings. The fourth-order valence-corrected chi connectivity index (χ4v) is 3.26. The molecule has 3 aromatic carbocycles. The Labute approximate surface area is 218 Å². The van der Waals surface area contributed by atoms with Crippen LogP contribution in [0.1, 0.15) is 23.6 Å². The first-order valence-electron chi connectivity index (χ1n) is 11.6. The third kappa shape index (κ3) is 7.54. The van der Waals surface area contributed by atoms with Crippen molar-refractivity contribution in [3.63, 3.8) is 0 Å². The number of hydrogen-bond donors (Lipinski definition) is 0. The molecule has 0 aliphatic rings. The van der Waals surface area contributed by atoms with E-state index in [-0.39, 0.29) is 19.3 Å². The summed E-state index contributed by atoms with van der Waals surface area (Å²) in [6, 6.07) is 24.8. The number of carbonyl (C=O) groups excluding carboxylic acids is 6. The molecule has 0 aliphatic heterocycles. The molecule has 0 N–H and O–H groups in total. The fourth-order valence-electron chi connectivity index (χ4n) is 3.26. The van der Waals surface area contributed by atoms with Crippen molar-refractivity contribution in [3.05, 3.63) is 108 Å². The Balaban J connectivity index is 1.77. The summed E-state index contributed by atoms with van der Waals surface area (Å²) in [4.78, 5) is 76.0. The van der Waals surface area contributed by atoms with Crippen LogP contribution in [0.15, 0.2) is 91.0 Å².